The molecule has 1 heteroatoms. The summed E-state index contributed by atoms with van der Waals surface area (Å²) in [6.45, 7) is 6.83. The molecule has 264 valence electrons. The van der Waals surface area contributed by atoms with Gasteiger partial charge in [0.1, 0.15) is 0 Å². The quantitative estimate of drug-likeness (QED) is 0.165. The summed E-state index contributed by atoms with van der Waals surface area (Å²) >= 11 is 0. The smallest absolute Gasteiger partial charge is 0.0732 e. The molecule has 12 rings (SSSR count). The summed E-state index contributed by atoms with van der Waals surface area (Å²) in [6, 6.07) is 54.2. The topological polar surface area (TPSA) is 3.24 Å². The van der Waals surface area contributed by atoms with Crippen LogP contribution in [-0.2, 0) is 17.3 Å². The Morgan fingerprint density at radius 2 is 1.22 bits per heavy atom. The summed E-state index contributed by atoms with van der Waals surface area (Å²) < 4.78 is 0. The number of nitrogens with zero attached hydrogens (tertiary/aromatic N) is 1. The van der Waals surface area contributed by atoms with Crippen molar-refractivity contribution in [3.63, 3.8) is 0 Å². The van der Waals surface area contributed by atoms with Crippen molar-refractivity contribution in [3.8, 4) is 11.1 Å². The van der Waals surface area contributed by atoms with Crippen molar-refractivity contribution in [3.05, 3.63) is 201 Å². The number of piperidine rings is 1. The maximum atomic E-state index is 2.58. The fraction of sp³-hybridized carbons (Fsp3) is 0.185. The van der Waals surface area contributed by atoms with Gasteiger partial charge in [0, 0.05) is 24.2 Å². The summed E-state index contributed by atoms with van der Waals surface area (Å²) in [4.78, 5) is 2.58. The van der Waals surface area contributed by atoms with Crippen LogP contribution in [0.1, 0.15) is 74.9 Å². The molecule has 1 saturated heterocycles. The largest absolute Gasteiger partial charge is 0.372 e. The van der Waals surface area contributed by atoms with Gasteiger partial charge in [-0.2, -0.15) is 0 Å². The average Bonchev–Trinajstić information content (AvgIpc) is 3.71. The summed E-state index contributed by atoms with van der Waals surface area (Å²) in [5.74, 6) is 0. The Hall–Kier alpha value is -5.92. The number of allylic oxidation sites excluding steroid dienone is 1. The van der Waals surface area contributed by atoms with Crippen LogP contribution in [0.3, 0.4) is 0 Å². The second-order valence-electron chi connectivity index (χ2n) is 16.8. The van der Waals surface area contributed by atoms with Crippen LogP contribution < -0.4 is 4.90 Å². The van der Waals surface area contributed by atoms with Crippen molar-refractivity contribution in [2.45, 2.75) is 50.4 Å². The lowest BCUT2D eigenvalue weighted by Crippen LogP contribution is -2.33. The van der Waals surface area contributed by atoms with Crippen LogP contribution in [0.5, 0.6) is 0 Å². The van der Waals surface area contributed by atoms with Crippen LogP contribution in [-0.4, -0.2) is 13.1 Å². The predicted molar refractivity (Wildman–Crippen MR) is 232 cm³/mol. The highest BCUT2D eigenvalue weighted by Crippen LogP contribution is 2.65. The Morgan fingerprint density at radius 3 is 1.95 bits per heavy atom. The van der Waals surface area contributed by atoms with Gasteiger partial charge in [0.15, 0.2) is 0 Å². The molecule has 1 spiro atoms. The van der Waals surface area contributed by atoms with E-state index >= 15 is 0 Å². The molecule has 4 aliphatic rings. The SMILES string of the molecule is Cc1ccc2c(c1)C1(c3c4c(c5cc(C)ccc5c3-2)CC(c2ccccc2)(c2ccc(N3CCCCC3)cc2)C=C4)c2cccc3ccc4cccc1c4c23. The van der Waals surface area contributed by atoms with Gasteiger partial charge in [-0.25, -0.2) is 0 Å². The Bertz CT molecular complexity index is 2880. The average molecular weight is 706 g/mol. The van der Waals surface area contributed by atoms with Gasteiger partial charge in [-0.3, -0.25) is 0 Å². The van der Waals surface area contributed by atoms with Crippen molar-refractivity contribution in [1.82, 2.24) is 0 Å². The van der Waals surface area contributed by atoms with E-state index in [0.29, 0.717) is 0 Å². The molecule has 1 atom stereocenters. The molecule has 0 saturated carbocycles. The lowest BCUT2D eigenvalue weighted by atomic mass is 9.63. The number of anilines is 1. The van der Waals surface area contributed by atoms with Crippen molar-refractivity contribution in [1.29, 1.82) is 0 Å². The maximum Gasteiger partial charge on any atom is 0.0732 e. The zero-order valence-electron chi connectivity index (χ0n) is 31.6. The number of rotatable bonds is 3. The van der Waals surface area contributed by atoms with Gasteiger partial charge >= 0.3 is 0 Å². The monoisotopic (exact) mass is 705 g/mol. The van der Waals surface area contributed by atoms with E-state index in [1.165, 1.54) is 124 Å². The predicted octanol–water partition coefficient (Wildman–Crippen LogP) is 13.0. The normalized spacial score (nSPS) is 18.8. The first kappa shape index (κ1) is 31.4. The third-order valence-corrected chi connectivity index (χ3v) is 13.9. The van der Waals surface area contributed by atoms with Crippen molar-refractivity contribution in [2.24, 2.45) is 0 Å². The van der Waals surface area contributed by atoms with Crippen molar-refractivity contribution < 1.29 is 0 Å². The van der Waals surface area contributed by atoms with Gasteiger partial charge in [-0.1, -0.05) is 151 Å². The maximum absolute atomic E-state index is 2.58. The van der Waals surface area contributed by atoms with E-state index in [1.54, 1.807) is 0 Å². The van der Waals surface area contributed by atoms with Crippen LogP contribution in [0.2, 0.25) is 0 Å². The summed E-state index contributed by atoms with van der Waals surface area (Å²) in [6.07, 6.45) is 9.93. The molecule has 1 nitrogen and oxygen atoms in total. The standard InChI is InChI=1S/C54H43N/c1-34-17-25-41-44(31-34)45-33-53(38-13-5-3-6-14-38,39-21-23-40(24-22-39)55-29-7-4-8-30-55)28-27-42(45)52-51(41)43-26-18-35(2)32-48(43)54(52)46-15-9-11-36-19-20-37-12-10-16-47(54)50(37)49(36)46/h3,5-6,9-28,31-32H,4,7-8,29-30,33H2,1-2H3. The first-order chi connectivity index (χ1) is 27.1. The van der Waals surface area contributed by atoms with Crippen LogP contribution in [0.25, 0.3) is 49.5 Å². The van der Waals surface area contributed by atoms with Gasteiger partial charge in [0.25, 0.3) is 0 Å². The highest BCUT2D eigenvalue weighted by molar-refractivity contribution is 6.19. The van der Waals surface area contributed by atoms with Gasteiger partial charge in [0.05, 0.1) is 5.41 Å². The fourth-order valence-corrected chi connectivity index (χ4v) is 11.5. The molecule has 8 aromatic carbocycles. The Morgan fingerprint density at radius 1 is 0.545 bits per heavy atom. The number of benzene rings is 8. The van der Waals surface area contributed by atoms with Gasteiger partial charge in [-0.05, 0) is 140 Å². The Labute approximate surface area is 323 Å². The fourth-order valence-electron chi connectivity index (χ4n) is 11.5. The number of aryl methyl sites for hydroxylation is 2. The highest BCUT2D eigenvalue weighted by Gasteiger charge is 2.53. The van der Waals surface area contributed by atoms with E-state index in [9.17, 15) is 0 Å². The minimum absolute atomic E-state index is 0.312. The molecule has 0 aromatic heterocycles. The molecule has 55 heavy (non-hydrogen) atoms. The second kappa shape index (κ2) is 11.3. The van der Waals surface area contributed by atoms with E-state index in [-0.39, 0.29) is 5.41 Å². The highest BCUT2D eigenvalue weighted by atomic mass is 15.1. The lowest BCUT2D eigenvalue weighted by Gasteiger charge is -2.39. The third-order valence-electron chi connectivity index (χ3n) is 13.9. The third kappa shape index (κ3) is 4.09. The van der Waals surface area contributed by atoms with Gasteiger partial charge in [-0.15, -0.1) is 0 Å². The summed E-state index contributed by atoms with van der Waals surface area (Å²) in [5, 5.41) is 8.25. The zero-order valence-corrected chi connectivity index (χ0v) is 31.6. The van der Waals surface area contributed by atoms with E-state index in [2.05, 4.69) is 170 Å². The molecule has 0 N–H and O–H groups in total. The molecule has 1 heterocycles. The minimum Gasteiger partial charge on any atom is -0.372 e. The van der Waals surface area contributed by atoms with Gasteiger partial charge < -0.3 is 4.90 Å². The van der Waals surface area contributed by atoms with E-state index < -0.39 is 5.41 Å². The first-order valence-corrected chi connectivity index (χ1v) is 20.3. The first-order valence-electron chi connectivity index (χ1n) is 20.3. The van der Waals surface area contributed by atoms with Crippen LogP contribution in [0.4, 0.5) is 5.69 Å². The van der Waals surface area contributed by atoms with E-state index in [0.717, 1.165) is 19.5 Å². The number of hydrogen-bond acceptors (Lipinski definition) is 1. The molecule has 1 fully saturated rings. The molecule has 0 amide bonds. The molecule has 1 unspecified atom stereocenters. The Balaban J connectivity index is 1.18. The Kier molecular flexibility index (Phi) is 6.46. The molecule has 1 aliphatic heterocycles. The zero-order chi connectivity index (χ0) is 36.5. The number of fused-ring (bicyclic) bond motifs is 12. The second-order valence-corrected chi connectivity index (χ2v) is 16.8. The van der Waals surface area contributed by atoms with Crippen LogP contribution in [0.15, 0.2) is 146 Å². The number of hydrogen-bond donors (Lipinski definition) is 0. The van der Waals surface area contributed by atoms with Crippen molar-refractivity contribution >= 4 is 44.1 Å². The summed E-state index contributed by atoms with van der Waals surface area (Å²) in [7, 11) is 0. The van der Waals surface area contributed by atoms with E-state index in [1.807, 2.05) is 0 Å². The van der Waals surface area contributed by atoms with Crippen molar-refractivity contribution in [2.75, 3.05) is 18.0 Å². The minimum atomic E-state index is -0.421. The lowest BCUT2D eigenvalue weighted by molar-refractivity contribution is 0.577. The van der Waals surface area contributed by atoms with Crippen LogP contribution in [0, 0.1) is 13.8 Å². The van der Waals surface area contributed by atoms with E-state index in [4.69, 9.17) is 0 Å². The molecule has 0 radical (unpaired) electrons. The molecule has 0 bridgehead atoms. The summed E-state index contributed by atoms with van der Waals surface area (Å²) in [5.41, 5.74) is 17.3. The van der Waals surface area contributed by atoms with Gasteiger partial charge in [0.2, 0.25) is 0 Å². The molecule has 8 aromatic rings. The molecular weight excluding hydrogens is 663 g/mol. The van der Waals surface area contributed by atoms with Crippen LogP contribution >= 0.6 is 0 Å². The molecular formula is C54H43N. The molecule has 3 aliphatic carbocycles.